The second-order valence-corrected chi connectivity index (χ2v) is 5.66. The van der Waals surface area contributed by atoms with Crippen LogP contribution >= 0.6 is 0 Å². The molecule has 128 valence electrons. The number of nitrogens with one attached hydrogen (secondary N) is 1. The first kappa shape index (κ1) is 15.5. The highest BCUT2D eigenvalue weighted by Gasteiger charge is 2.13. The zero-order valence-electron chi connectivity index (χ0n) is 13.6. The van der Waals surface area contributed by atoms with Crippen molar-refractivity contribution in [2.75, 3.05) is 6.79 Å². The summed E-state index contributed by atoms with van der Waals surface area (Å²) in [6.45, 7) is 2.09. The Bertz CT molecular complexity index is 833. The van der Waals surface area contributed by atoms with Crippen LogP contribution in [0.2, 0.25) is 0 Å². The summed E-state index contributed by atoms with van der Waals surface area (Å²) in [4.78, 5) is 4.26. The Labute approximate surface area is 145 Å². The number of ether oxygens (including phenoxy) is 3. The monoisotopic (exact) mass is 338 g/mol. The Morgan fingerprint density at radius 3 is 2.88 bits per heavy atom. The van der Waals surface area contributed by atoms with Crippen molar-refractivity contribution in [3.63, 3.8) is 0 Å². The minimum absolute atomic E-state index is 0.272. The van der Waals surface area contributed by atoms with Crippen LogP contribution in [0.3, 0.4) is 0 Å². The topological polar surface area (TPSA) is 65.8 Å². The molecule has 0 aliphatic carbocycles. The number of fused-ring (bicyclic) bond motifs is 1. The molecule has 6 heteroatoms. The minimum Gasteiger partial charge on any atom is -0.473 e. The number of aromatic nitrogens is 1. The number of hydrogen-bond acceptors (Lipinski definition) is 6. The Kier molecular flexibility index (Phi) is 4.52. The maximum Gasteiger partial charge on any atom is 0.231 e. The normalized spacial score (nSPS) is 12.3. The Morgan fingerprint density at radius 2 is 1.96 bits per heavy atom. The highest BCUT2D eigenvalue weighted by Crippen LogP contribution is 2.32. The maximum atomic E-state index is 5.79. The number of pyridine rings is 1. The maximum absolute atomic E-state index is 5.79. The van der Waals surface area contributed by atoms with Crippen LogP contribution in [0.5, 0.6) is 17.4 Å². The molecule has 0 unspecified atom stereocenters. The lowest BCUT2D eigenvalue weighted by Gasteiger charge is -2.08. The molecule has 4 rings (SSSR count). The van der Waals surface area contributed by atoms with Gasteiger partial charge < -0.3 is 23.9 Å². The molecular weight excluding hydrogens is 320 g/mol. The van der Waals surface area contributed by atoms with Crippen LogP contribution in [-0.2, 0) is 19.7 Å². The number of rotatable bonds is 7. The van der Waals surface area contributed by atoms with Gasteiger partial charge in [0, 0.05) is 18.8 Å². The molecule has 0 radical (unpaired) electrons. The van der Waals surface area contributed by atoms with Crippen LogP contribution in [0.15, 0.2) is 59.3 Å². The lowest BCUT2D eigenvalue weighted by molar-refractivity contribution is 0.174. The molecule has 1 aliphatic rings. The highest BCUT2D eigenvalue weighted by atomic mass is 16.7. The van der Waals surface area contributed by atoms with E-state index in [1.54, 1.807) is 12.5 Å². The van der Waals surface area contributed by atoms with Crippen molar-refractivity contribution in [3.05, 3.63) is 71.8 Å². The molecule has 0 bridgehead atoms. The fourth-order valence-electron chi connectivity index (χ4n) is 2.57. The lowest BCUT2D eigenvalue weighted by Crippen LogP contribution is -2.12. The molecule has 0 atom stereocenters. The van der Waals surface area contributed by atoms with E-state index in [1.807, 2.05) is 42.5 Å². The van der Waals surface area contributed by atoms with E-state index >= 15 is 0 Å². The molecule has 3 heterocycles. The third-order valence-corrected chi connectivity index (χ3v) is 3.83. The van der Waals surface area contributed by atoms with Crippen LogP contribution in [-0.4, -0.2) is 11.8 Å². The van der Waals surface area contributed by atoms with E-state index in [9.17, 15) is 0 Å². The smallest absolute Gasteiger partial charge is 0.231 e. The summed E-state index contributed by atoms with van der Waals surface area (Å²) >= 11 is 0. The van der Waals surface area contributed by atoms with E-state index in [-0.39, 0.29) is 6.79 Å². The summed E-state index contributed by atoms with van der Waals surface area (Å²) in [7, 11) is 0. The SMILES string of the molecule is c1coc(CNCc2ccnc(OCc3ccc4c(c3)OCO4)c2)c1. The molecule has 1 aliphatic heterocycles. The summed E-state index contributed by atoms with van der Waals surface area (Å²) in [5, 5.41) is 3.33. The van der Waals surface area contributed by atoms with Gasteiger partial charge >= 0.3 is 0 Å². The summed E-state index contributed by atoms with van der Waals surface area (Å²) in [5.41, 5.74) is 2.11. The molecule has 6 nitrogen and oxygen atoms in total. The number of furan rings is 1. The van der Waals surface area contributed by atoms with Gasteiger partial charge in [-0.1, -0.05) is 6.07 Å². The number of nitrogens with zero attached hydrogens (tertiary/aromatic N) is 1. The predicted molar refractivity (Wildman–Crippen MR) is 90.4 cm³/mol. The van der Waals surface area contributed by atoms with Crippen LogP contribution in [0.4, 0.5) is 0 Å². The summed E-state index contributed by atoms with van der Waals surface area (Å²) in [6, 6.07) is 13.5. The standard InChI is InChI=1S/C19H18N2O4/c1-2-16(22-7-1)11-20-10-14-5-6-21-19(9-14)23-12-15-3-4-17-18(8-15)25-13-24-17/h1-9,20H,10-13H2. The van der Waals surface area contributed by atoms with Crippen molar-refractivity contribution in [2.24, 2.45) is 0 Å². The number of benzene rings is 1. The van der Waals surface area contributed by atoms with Gasteiger partial charge in [-0.15, -0.1) is 0 Å². The molecule has 2 aromatic heterocycles. The van der Waals surface area contributed by atoms with Crippen molar-refractivity contribution in [2.45, 2.75) is 19.7 Å². The van der Waals surface area contributed by atoms with Crippen LogP contribution in [0.1, 0.15) is 16.9 Å². The molecule has 1 N–H and O–H groups in total. The van der Waals surface area contributed by atoms with Crippen molar-refractivity contribution >= 4 is 0 Å². The lowest BCUT2D eigenvalue weighted by atomic mass is 10.2. The van der Waals surface area contributed by atoms with Crippen molar-refractivity contribution in [1.82, 2.24) is 10.3 Å². The van der Waals surface area contributed by atoms with Gasteiger partial charge in [-0.3, -0.25) is 0 Å². The average molecular weight is 338 g/mol. The first-order valence-electron chi connectivity index (χ1n) is 8.06. The molecule has 25 heavy (non-hydrogen) atoms. The van der Waals surface area contributed by atoms with Crippen LogP contribution in [0.25, 0.3) is 0 Å². The van der Waals surface area contributed by atoms with Crippen molar-refractivity contribution < 1.29 is 18.6 Å². The summed E-state index contributed by atoms with van der Waals surface area (Å²) in [5.74, 6) is 3.03. The second-order valence-electron chi connectivity index (χ2n) is 5.66. The van der Waals surface area contributed by atoms with E-state index in [1.165, 1.54) is 0 Å². The molecule has 3 aromatic rings. The van der Waals surface area contributed by atoms with Gasteiger partial charge in [-0.25, -0.2) is 4.98 Å². The molecule has 1 aromatic carbocycles. The van der Waals surface area contributed by atoms with Gasteiger partial charge in [0.1, 0.15) is 12.4 Å². The Balaban J connectivity index is 1.32. The quantitative estimate of drug-likeness (QED) is 0.713. The molecular formula is C19H18N2O4. The molecule has 0 spiro atoms. The third kappa shape index (κ3) is 3.92. The molecule has 0 fully saturated rings. The average Bonchev–Trinajstić information content (AvgIpc) is 3.31. The van der Waals surface area contributed by atoms with Gasteiger partial charge in [0.15, 0.2) is 11.5 Å². The van der Waals surface area contributed by atoms with Gasteiger partial charge in [0.05, 0.1) is 12.8 Å². The van der Waals surface area contributed by atoms with Crippen LogP contribution < -0.4 is 19.5 Å². The van der Waals surface area contributed by atoms with Gasteiger partial charge in [-0.05, 0) is 41.5 Å². The van der Waals surface area contributed by atoms with E-state index in [0.717, 1.165) is 28.4 Å². The highest BCUT2D eigenvalue weighted by molar-refractivity contribution is 5.44. The van der Waals surface area contributed by atoms with Gasteiger partial charge in [-0.2, -0.15) is 0 Å². The minimum atomic E-state index is 0.272. The third-order valence-electron chi connectivity index (χ3n) is 3.83. The summed E-state index contributed by atoms with van der Waals surface area (Å²) in [6.07, 6.45) is 3.42. The summed E-state index contributed by atoms with van der Waals surface area (Å²) < 4.78 is 21.8. The van der Waals surface area contributed by atoms with E-state index in [4.69, 9.17) is 18.6 Å². The van der Waals surface area contributed by atoms with E-state index in [2.05, 4.69) is 10.3 Å². The second kappa shape index (κ2) is 7.27. The van der Waals surface area contributed by atoms with Gasteiger partial charge in [0.2, 0.25) is 12.7 Å². The first-order chi connectivity index (χ1) is 12.4. The Hall–Kier alpha value is -2.99. The molecule has 0 saturated carbocycles. The van der Waals surface area contributed by atoms with Crippen molar-refractivity contribution in [1.29, 1.82) is 0 Å². The molecule has 0 saturated heterocycles. The fraction of sp³-hybridized carbons (Fsp3) is 0.211. The predicted octanol–water partition coefficient (Wildman–Crippen LogP) is 3.27. The zero-order chi connectivity index (χ0) is 16.9. The van der Waals surface area contributed by atoms with E-state index < -0.39 is 0 Å². The first-order valence-corrected chi connectivity index (χ1v) is 8.06. The Morgan fingerprint density at radius 1 is 1.00 bits per heavy atom. The van der Waals surface area contributed by atoms with Crippen LogP contribution in [0, 0.1) is 0 Å². The number of hydrogen-bond donors (Lipinski definition) is 1. The zero-order valence-corrected chi connectivity index (χ0v) is 13.6. The van der Waals surface area contributed by atoms with Crippen molar-refractivity contribution in [3.8, 4) is 17.4 Å². The molecule has 0 amide bonds. The fourth-order valence-corrected chi connectivity index (χ4v) is 2.57. The largest absolute Gasteiger partial charge is 0.473 e. The van der Waals surface area contributed by atoms with Gasteiger partial charge in [0.25, 0.3) is 0 Å². The van der Waals surface area contributed by atoms with E-state index in [0.29, 0.717) is 25.6 Å².